The quantitative estimate of drug-likeness (QED) is 0.831. The zero-order chi connectivity index (χ0) is 15.6. The van der Waals surface area contributed by atoms with Gasteiger partial charge in [-0.05, 0) is 18.9 Å². The maximum atomic E-state index is 12.6. The summed E-state index contributed by atoms with van der Waals surface area (Å²) >= 11 is 5.96. The molecule has 0 bridgehead atoms. The lowest BCUT2D eigenvalue weighted by molar-refractivity contribution is -0.143. The van der Waals surface area contributed by atoms with Crippen LogP contribution in [0.2, 0.25) is 5.02 Å². The predicted octanol–water partition coefficient (Wildman–Crippen LogP) is 1.87. The maximum absolute atomic E-state index is 12.6. The van der Waals surface area contributed by atoms with Gasteiger partial charge in [0.2, 0.25) is 0 Å². The third-order valence-corrected chi connectivity index (χ3v) is 3.93. The lowest BCUT2D eigenvalue weighted by atomic mass is 9.97. The molecule has 0 radical (unpaired) electrons. The fourth-order valence-electron chi connectivity index (χ4n) is 2.44. The van der Waals surface area contributed by atoms with Gasteiger partial charge in [0.15, 0.2) is 0 Å². The SMILES string of the molecule is COc1cc(N)c(Cl)cc1C(=O)N1CCCC(C(=O)O)C1. The number of hydrogen-bond donors (Lipinski definition) is 2. The molecule has 1 unspecified atom stereocenters. The zero-order valence-electron chi connectivity index (χ0n) is 11.6. The summed E-state index contributed by atoms with van der Waals surface area (Å²) in [4.78, 5) is 25.2. The van der Waals surface area contributed by atoms with Crippen molar-refractivity contribution in [1.82, 2.24) is 4.90 Å². The smallest absolute Gasteiger partial charge is 0.308 e. The van der Waals surface area contributed by atoms with E-state index in [9.17, 15) is 9.59 Å². The number of nitrogens with two attached hydrogens (primary N) is 1. The first-order valence-corrected chi connectivity index (χ1v) is 6.97. The molecule has 114 valence electrons. The highest BCUT2D eigenvalue weighted by atomic mass is 35.5. The molecule has 0 aromatic heterocycles. The van der Waals surface area contributed by atoms with E-state index < -0.39 is 11.9 Å². The molecule has 1 fully saturated rings. The zero-order valence-corrected chi connectivity index (χ0v) is 12.4. The van der Waals surface area contributed by atoms with Gasteiger partial charge >= 0.3 is 5.97 Å². The summed E-state index contributed by atoms with van der Waals surface area (Å²) in [6.07, 6.45) is 1.24. The van der Waals surface area contributed by atoms with Crippen LogP contribution in [0.25, 0.3) is 0 Å². The summed E-state index contributed by atoms with van der Waals surface area (Å²) in [5, 5.41) is 9.36. The molecule has 0 spiro atoms. The Morgan fingerprint density at radius 1 is 1.48 bits per heavy atom. The summed E-state index contributed by atoms with van der Waals surface area (Å²) in [6.45, 7) is 0.715. The van der Waals surface area contributed by atoms with Gasteiger partial charge in [-0.25, -0.2) is 0 Å². The minimum Gasteiger partial charge on any atom is -0.496 e. The normalized spacial score (nSPS) is 18.4. The number of carbonyl (C=O) groups is 2. The monoisotopic (exact) mass is 312 g/mol. The van der Waals surface area contributed by atoms with Gasteiger partial charge in [-0.15, -0.1) is 0 Å². The predicted molar refractivity (Wildman–Crippen MR) is 78.7 cm³/mol. The van der Waals surface area contributed by atoms with Crippen LogP contribution in [0.15, 0.2) is 12.1 Å². The van der Waals surface area contributed by atoms with E-state index in [1.54, 1.807) is 0 Å². The molecule has 7 heteroatoms. The number of likely N-dealkylation sites (tertiary alicyclic amines) is 1. The molecule has 1 aromatic rings. The number of methoxy groups -OCH3 is 1. The third kappa shape index (κ3) is 3.21. The van der Waals surface area contributed by atoms with Crippen LogP contribution in [0.5, 0.6) is 5.75 Å². The number of nitrogen functional groups attached to an aromatic ring is 1. The molecule has 6 nitrogen and oxygen atoms in total. The topological polar surface area (TPSA) is 92.9 Å². The van der Waals surface area contributed by atoms with Gasteiger partial charge in [-0.2, -0.15) is 0 Å². The number of carboxylic acids is 1. The van der Waals surface area contributed by atoms with Crippen molar-refractivity contribution in [3.05, 3.63) is 22.7 Å². The van der Waals surface area contributed by atoms with Crippen LogP contribution in [-0.2, 0) is 4.79 Å². The summed E-state index contributed by atoms with van der Waals surface area (Å²) in [6, 6.07) is 2.95. The molecule has 3 N–H and O–H groups in total. The maximum Gasteiger partial charge on any atom is 0.308 e. The Labute approximate surface area is 127 Å². The molecule has 0 aliphatic carbocycles. The fraction of sp³-hybridized carbons (Fsp3) is 0.429. The molecular weight excluding hydrogens is 296 g/mol. The van der Waals surface area contributed by atoms with Crippen LogP contribution in [0, 0.1) is 5.92 Å². The van der Waals surface area contributed by atoms with E-state index in [-0.39, 0.29) is 17.5 Å². The van der Waals surface area contributed by atoms with Crippen LogP contribution >= 0.6 is 11.6 Å². The largest absolute Gasteiger partial charge is 0.496 e. The van der Waals surface area contributed by atoms with Crippen molar-refractivity contribution in [3.63, 3.8) is 0 Å². The number of aliphatic carboxylic acids is 1. The van der Waals surface area contributed by atoms with Gasteiger partial charge in [0.05, 0.1) is 29.3 Å². The van der Waals surface area contributed by atoms with E-state index in [0.717, 1.165) is 0 Å². The summed E-state index contributed by atoms with van der Waals surface area (Å²) in [5.74, 6) is -1.37. The van der Waals surface area contributed by atoms with E-state index >= 15 is 0 Å². The van der Waals surface area contributed by atoms with Gasteiger partial charge in [0, 0.05) is 19.2 Å². The van der Waals surface area contributed by atoms with Crippen LogP contribution in [0.4, 0.5) is 5.69 Å². The van der Waals surface area contributed by atoms with Crippen molar-refractivity contribution in [1.29, 1.82) is 0 Å². The second-order valence-electron chi connectivity index (χ2n) is 5.00. The number of amides is 1. The van der Waals surface area contributed by atoms with Gasteiger partial charge in [0.25, 0.3) is 5.91 Å². The Hall–Kier alpha value is -1.95. The second-order valence-corrected chi connectivity index (χ2v) is 5.41. The van der Waals surface area contributed by atoms with Gasteiger partial charge in [-0.3, -0.25) is 9.59 Å². The lowest BCUT2D eigenvalue weighted by Gasteiger charge is -2.31. The van der Waals surface area contributed by atoms with Gasteiger partial charge < -0.3 is 20.5 Å². The van der Waals surface area contributed by atoms with Crippen molar-refractivity contribution < 1.29 is 19.4 Å². The highest BCUT2D eigenvalue weighted by molar-refractivity contribution is 6.33. The number of carboxylic acid groups (broad SMARTS) is 1. The number of benzene rings is 1. The van der Waals surface area contributed by atoms with E-state index in [2.05, 4.69) is 0 Å². The first kappa shape index (κ1) is 15.4. The van der Waals surface area contributed by atoms with Crippen LogP contribution in [0.1, 0.15) is 23.2 Å². The van der Waals surface area contributed by atoms with E-state index in [4.69, 9.17) is 27.2 Å². The Morgan fingerprint density at radius 3 is 2.81 bits per heavy atom. The molecule has 0 saturated carbocycles. The Bertz CT molecular complexity index is 576. The highest BCUT2D eigenvalue weighted by Gasteiger charge is 2.30. The second kappa shape index (κ2) is 6.22. The standard InChI is InChI=1S/C14H17ClN2O4/c1-21-12-6-11(16)10(15)5-9(12)13(18)17-4-2-3-8(7-17)14(19)20/h5-6,8H,2-4,7,16H2,1H3,(H,19,20). The van der Waals surface area contributed by atoms with Crippen molar-refractivity contribution in [2.24, 2.45) is 5.92 Å². The number of piperidine rings is 1. The van der Waals surface area contributed by atoms with Crippen LogP contribution in [0.3, 0.4) is 0 Å². The van der Waals surface area contributed by atoms with E-state index in [1.807, 2.05) is 0 Å². The molecule has 1 atom stereocenters. The Balaban J connectivity index is 2.27. The van der Waals surface area contributed by atoms with Crippen molar-refractivity contribution in [3.8, 4) is 5.75 Å². The molecular formula is C14H17ClN2O4. The average Bonchev–Trinajstić information content (AvgIpc) is 2.48. The molecule has 1 saturated heterocycles. The number of rotatable bonds is 3. The van der Waals surface area contributed by atoms with Crippen molar-refractivity contribution in [2.75, 3.05) is 25.9 Å². The molecule has 1 heterocycles. The summed E-state index contributed by atoms with van der Waals surface area (Å²) < 4.78 is 5.16. The van der Waals surface area contributed by atoms with E-state index in [0.29, 0.717) is 36.4 Å². The van der Waals surface area contributed by atoms with Gasteiger partial charge in [-0.1, -0.05) is 11.6 Å². The third-order valence-electron chi connectivity index (χ3n) is 3.61. The van der Waals surface area contributed by atoms with E-state index in [1.165, 1.54) is 24.1 Å². The molecule has 1 aliphatic rings. The average molecular weight is 313 g/mol. The number of carbonyl (C=O) groups excluding carboxylic acids is 1. The summed E-state index contributed by atoms with van der Waals surface area (Å²) in [5.41, 5.74) is 6.31. The molecule has 1 amide bonds. The Morgan fingerprint density at radius 2 is 2.19 bits per heavy atom. The van der Waals surface area contributed by atoms with Crippen LogP contribution in [-0.4, -0.2) is 42.1 Å². The highest BCUT2D eigenvalue weighted by Crippen LogP contribution is 2.30. The van der Waals surface area contributed by atoms with Crippen molar-refractivity contribution in [2.45, 2.75) is 12.8 Å². The summed E-state index contributed by atoms with van der Waals surface area (Å²) in [7, 11) is 1.44. The fourth-order valence-corrected chi connectivity index (χ4v) is 2.60. The first-order valence-electron chi connectivity index (χ1n) is 6.59. The number of nitrogens with zero attached hydrogens (tertiary/aromatic N) is 1. The van der Waals surface area contributed by atoms with Gasteiger partial charge in [0.1, 0.15) is 5.75 Å². The molecule has 2 rings (SSSR count). The molecule has 1 aliphatic heterocycles. The number of ether oxygens (including phenoxy) is 1. The number of hydrogen-bond acceptors (Lipinski definition) is 4. The first-order chi connectivity index (χ1) is 9.93. The molecule has 1 aromatic carbocycles. The minimum atomic E-state index is -0.880. The van der Waals surface area contributed by atoms with Crippen molar-refractivity contribution >= 4 is 29.2 Å². The number of halogens is 1. The minimum absolute atomic E-state index is 0.194. The van der Waals surface area contributed by atoms with Crippen LogP contribution < -0.4 is 10.5 Å². The Kier molecular flexibility index (Phi) is 4.57. The molecule has 21 heavy (non-hydrogen) atoms. The lowest BCUT2D eigenvalue weighted by Crippen LogP contribution is -2.42. The number of anilines is 1.